The highest BCUT2D eigenvalue weighted by Crippen LogP contribution is 2.45. The van der Waals surface area contributed by atoms with Crippen LogP contribution in [0, 0.1) is 11.8 Å². The van der Waals surface area contributed by atoms with Crippen molar-refractivity contribution in [1.29, 1.82) is 0 Å². The molecule has 19 heteroatoms. The van der Waals surface area contributed by atoms with Gasteiger partial charge in [0.2, 0.25) is 0 Å². The molecule has 0 rings (SSSR count). The van der Waals surface area contributed by atoms with E-state index in [0.29, 0.717) is 25.7 Å². The van der Waals surface area contributed by atoms with E-state index in [9.17, 15) is 43.2 Å². The summed E-state index contributed by atoms with van der Waals surface area (Å²) >= 11 is 0. The Balaban J connectivity index is 5.24. The summed E-state index contributed by atoms with van der Waals surface area (Å²) in [4.78, 5) is 72.8. The largest absolute Gasteiger partial charge is 0.472 e. The van der Waals surface area contributed by atoms with E-state index in [1.807, 2.05) is 0 Å². The van der Waals surface area contributed by atoms with Gasteiger partial charge < -0.3 is 33.8 Å². The van der Waals surface area contributed by atoms with Crippen molar-refractivity contribution < 1.29 is 80.2 Å². The van der Waals surface area contributed by atoms with Crippen molar-refractivity contribution in [2.24, 2.45) is 11.8 Å². The normalized spacial score (nSPS) is 14.0. The van der Waals surface area contributed by atoms with Crippen molar-refractivity contribution in [1.82, 2.24) is 0 Å². The summed E-state index contributed by atoms with van der Waals surface area (Å²) in [5.74, 6) is -0.616. The summed E-state index contributed by atoms with van der Waals surface area (Å²) in [5, 5.41) is 10.6. The molecule has 17 nitrogen and oxygen atoms in total. The van der Waals surface area contributed by atoms with E-state index in [4.69, 9.17) is 37.0 Å². The van der Waals surface area contributed by atoms with Crippen LogP contribution in [0.25, 0.3) is 0 Å². The summed E-state index contributed by atoms with van der Waals surface area (Å²) in [6, 6.07) is 0. The molecule has 564 valence electrons. The van der Waals surface area contributed by atoms with Gasteiger partial charge in [0.25, 0.3) is 0 Å². The second-order valence-electron chi connectivity index (χ2n) is 28.3. The fourth-order valence-electron chi connectivity index (χ4n) is 11.7. The van der Waals surface area contributed by atoms with Gasteiger partial charge in [-0.15, -0.1) is 0 Å². The minimum absolute atomic E-state index is 0.105. The number of carbonyl (C=O) groups excluding carboxylic acids is 4. The maximum atomic E-state index is 13.1. The lowest BCUT2D eigenvalue weighted by Gasteiger charge is -2.21. The van der Waals surface area contributed by atoms with Crippen LogP contribution in [0.5, 0.6) is 0 Å². The number of carbonyl (C=O) groups is 4. The highest BCUT2D eigenvalue weighted by atomic mass is 31.2. The van der Waals surface area contributed by atoms with Gasteiger partial charge in [-0.2, -0.15) is 0 Å². The Morgan fingerprint density at radius 2 is 0.484 bits per heavy atom. The van der Waals surface area contributed by atoms with E-state index >= 15 is 0 Å². The van der Waals surface area contributed by atoms with E-state index in [-0.39, 0.29) is 25.7 Å². The number of ether oxygens (including phenoxy) is 4. The number of hydrogen-bond donors (Lipinski definition) is 3. The highest BCUT2D eigenvalue weighted by Gasteiger charge is 2.30. The van der Waals surface area contributed by atoms with Crippen molar-refractivity contribution in [2.45, 2.75) is 413 Å². The molecule has 0 spiro atoms. The number of esters is 4. The molecule has 95 heavy (non-hydrogen) atoms. The standard InChI is InChI=1S/C76H148O17P2/c1-7-9-11-13-15-17-19-20-21-22-23-24-25-31-35-42-48-54-60-75(80)92-71(64-87-74(79)59-53-47-41-34-30-27-26-29-32-38-44-50-56-68(3)4)66-90-94(82,83)88-62-70(77)63-89-95(84,85)91-67-72(93-76(81)61-55-49-43-37-36-39-45-51-57-69(5)6)65-86-73(78)58-52-46-40-33-28-18-16-14-12-10-8-2/h68-72,77H,7-67H2,1-6H3,(H,82,83)(H,84,85)/t70-,71-,72-/m1/s1. The molecule has 0 aliphatic carbocycles. The quantitative estimate of drug-likeness (QED) is 0.0222. The van der Waals surface area contributed by atoms with Crippen molar-refractivity contribution in [2.75, 3.05) is 39.6 Å². The zero-order valence-corrected chi connectivity index (χ0v) is 63.8. The third-order valence-electron chi connectivity index (χ3n) is 17.7. The Morgan fingerprint density at radius 1 is 0.284 bits per heavy atom. The molecule has 0 aromatic carbocycles. The van der Waals surface area contributed by atoms with Gasteiger partial charge in [0.15, 0.2) is 12.2 Å². The zero-order chi connectivity index (χ0) is 70.0. The minimum atomic E-state index is -4.96. The summed E-state index contributed by atoms with van der Waals surface area (Å²) in [6.45, 7) is 9.57. The van der Waals surface area contributed by atoms with Crippen LogP contribution in [0.2, 0.25) is 0 Å². The number of unbranched alkanes of at least 4 members (excludes halogenated alkanes) is 45. The molecule has 0 saturated carbocycles. The third-order valence-corrected chi connectivity index (χ3v) is 19.6. The molecular formula is C76H148O17P2. The lowest BCUT2D eigenvalue weighted by Crippen LogP contribution is -2.30. The Labute approximate surface area is 581 Å². The fourth-order valence-corrected chi connectivity index (χ4v) is 13.2. The number of rotatable bonds is 75. The molecule has 0 aliphatic heterocycles. The first-order valence-corrected chi connectivity index (χ1v) is 42.5. The number of phosphoric acid groups is 2. The van der Waals surface area contributed by atoms with Gasteiger partial charge in [0.1, 0.15) is 19.3 Å². The minimum Gasteiger partial charge on any atom is -0.462 e. The number of phosphoric ester groups is 2. The van der Waals surface area contributed by atoms with E-state index < -0.39 is 97.5 Å². The van der Waals surface area contributed by atoms with E-state index in [1.165, 1.54) is 212 Å². The molecule has 0 radical (unpaired) electrons. The molecule has 0 heterocycles. The molecule has 0 fully saturated rings. The summed E-state index contributed by atoms with van der Waals surface area (Å²) in [5.41, 5.74) is 0. The lowest BCUT2D eigenvalue weighted by atomic mass is 10.0. The van der Waals surface area contributed by atoms with Crippen LogP contribution in [-0.2, 0) is 65.4 Å². The Bertz CT molecular complexity index is 1840. The summed E-state index contributed by atoms with van der Waals surface area (Å²) < 4.78 is 68.5. The van der Waals surface area contributed by atoms with Gasteiger partial charge in [-0.3, -0.25) is 37.3 Å². The van der Waals surface area contributed by atoms with Gasteiger partial charge in [0.05, 0.1) is 26.4 Å². The highest BCUT2D eigenvalue weighted by molar-refractivity contribution is 7.47. The fraction of sp³-hybridized carbons (Fsp3) is 0.947. The SMILES string of the molecule is CCCCCCCCCCCCCCCCCCCCC(=O)O[C@H](COC(=O)CCCCCCCCCCCCCCC(C)C)COP(=O)(O)OC[C@@H](O)COP(=O)(O)OC[C@@H](COC(=O)CCCCCCCCCCCCC)OC(=O)CCCCCCCCCCC(C)C. The van der Waals surface area contributed by atoms with E-state index in [0.717, 1.165) is 102 Å². The van der Waals surface area contributed by atoms with Gasteiger partial charge in [-0.05, 0) is 37.5 Å². The van der Waals surface area contributed by atoms with Crippen LogP contribution in [0.15, 0.2) is 0 Å². The Kier molecular flexibility index (Phi) is 66.5. The van der Waals surface area contributed by atoms with Crippen LogP contribution >= 0.6 is 15.6 Å². The molecule has 2 unspecified atom stereocenters. The monoisotopic (exact) mass is 1400 g/mol. The van der Waals surface area contributed by atoms with Crippen molar-refractivity contribution in [3.8, 4) is 0 Å². The molecular weight excluding hydrogens is 1250 g/mol. The van der Waals surface area contributed by atoms with Crippen LogP contribution in [-0.4, -0.2) is 96.7 Å². The molecule has 0 bridgehead atoms. The second-order valence-corrected chi connectivity index (χ2v) is 31.3. The molecule has 0 amide bonds. The first kappa shape index (κ1) is 93.1. The summed E-state index contributed by atoms with van der Waals surface area (Å²) in [6.07, 6.45) is 55.5. The third kappa shape index (κ3) is 70.3. The van der Waals surface area contributed by atoms with Gasteiger partial charge in [-0.1, -0.05) is 343 Å². The van der Waals surface area contributed by atoms with E-state index in [2.05, 4.69) is 41.5 Å². The predicted molar refractivity (Wildman–Crippen MR) is 386 cm³/mol. The number of aliphatic hydroxyl groups excluding tert-OH is 1. The second kappa shape index (κ2) is 67.9. The zero-order valence-electron chi connectivity index (χ0n) is 62.0. The topological polar surface area (TPSA) is 237 Å². The summed E-state index contributed by atoms with van der Waals surface area (Å²) in [7, 11) is -9.91. The smallest absolute Gasteiger partial charge is 0.462 e. The molecule has 0 aliphatic rings. The number of aliphatic hydroxyl groups is 1. The maximum absolute atomic E-state index is 13.1. The predicted octanol–water partition coefficient (Wildman–Crippen LogP) is 22.3. The van der Waals surface area contributed by atoms with Gasteiger partial charge >= 0.3 is 39.5 Å². The molecule has 0 aromatic rings. The average Bonchev–Trinajstić information content (AvgIpc) is 2.68. The lowest BCUT2D eigenvalue weighted by molar-refractivity contribution is -0.161. The maximum Gasteiger partial charge on any atom is 0.472 e. The van der Waals surface area contributed by atoms with Crippen LogP contribution < -0.4 is 0 Å². The Morgan fingerprint density at radius 3 is 0.716 bits per heavy atom. The van der Waals surface area contributed by atoms with Crippen LogP contribution in [0.3, 0.4) is 0 Å². The Hall–Kier alpha value is -1.94. The van der Waals surface area contributed by atoms with Crippen LogP contribution in [0.1, 0.15) is 395 Å². The van der Waals surface area contributed by atoms with Gasteiger partial charge in [0, 0.05) is 25.7 Å². The molecule has 3 N–H and O–H groups in total. The molecule has 0 saturated heterocycles. The van der Waals surface area contributed by atoms with Crippen molar-refractivity contribution >= 4 is 39.5 Å². The first-order valence-electron chi connectivity index (χ1n) is 39.5. The van der Waals surface area contributed by atoms with Crippen LogP contribution in [0.4, 0.5) is 0 Å². The average molecular weight is 1400 g/mol. The molecule has 0 aromatic heterocycles. The van der Waals surface area contributed by atoms with E-state index in [1.54, 1.807) is 0 Å². The molecule has 5 atom stereocenters. The van der Waals surface area contributed by atoms with Crippen molar-refractivity contribution in [3.05, 3.63) is 0 Å². The van der Waals surface area contributed by atoms with Crippen molar-refractivity contribution in [3.63, 3.8) is 0 Å². The number of hydrogen-bond acceptors (Lipinski definition) is 15. The first-order chi connectivity index (χ1) is 45.9. The van der Waals surface area contributed by atoms with Gasteiger partial charge in [-0.25, -0.2) is 9.13 Å².